The quantitative estimate of drug-likeness (QED) is 0.722. The van der Waals surface area contributed by atoms with E-state index in [1.54, 1.807) is 23.1 Å². The van der Waals surface area contributed by atoms with Gasteiger partial charge in [-0.05, 0) is 65.2 Å². The molecule has 0 fully saturated rings. The standard InChI is InChI=1S/C18H18BrClN2O4S/c1-10-6-12-7-14(19)18(9-16(12)22(10)11(2)23)27(24,25)21-15-8-13(20)4-5-17(15)26-3/h4-5,7-10,21H,6H2,1-3H3/t10-/m0/s1. The molecule has 0 saturated heterocycles. The van der Waals surface area contributed by atoms with Gasteiger partial charge in [0.05, 0.1) is 12.8 Å². The van der Waals surface area contributed by atoms with E-state index in [1.807, 2.05) is 6.92 Å². The summed E-state index contributed by atoms with van der Waals surface area (Å²) in [6.45, 7) is 3.40. The van der Waals surface area contributed by atoms with Crippen LogP contribution >= 0.6 is 27.5 Å². The van der Waals surface area contributed by atoms with Gasteiger partial charge in [0.2, 0.25) is 5.91 Å². The Morgan fingerprint density at radius 1 is 1.33 bits per heavy atom. The molecule has 27 heavy (non-hydrogen) atoms. The molecule has 0 aromatic heterocycles. The first-order valence-electron chi connectivity index (χ1n) is 8.12. The second-order valence-corrected chi connectivity index (χ2v) is 9.25. The molecule has 9 heteroatoms. The van der Waals surface area contributed by atoms with E-state index >= 15 is 0 Å². The van der Waals surface area contributed by atoms with Crippen LogP contribution in [-0.4, -0.2) is 27.5 Å². The van der Waals surface area contributed by atoms with Gasteiger partial charge >= 0.3 is 0 Å². The number of sulfonamides is 1. The van der Waals surface area contributed by atoms with Crippen molar-refractivity contribution in [3.63, 3.8) is 0 Å². The van der Waals surface area contributed by atoms with Gasteiger partial charge in [-0.15, -0.1) is 0 Å². The summed E-state index contributed by atoms with van der Waals surface area (Å²) in [5, 5.41) is 0.373. The Morgan fingerprint density at radius 2 is 2.04 bits per heavy atom. The number of rotatable bonds is 4. The topological polar surface area (TPSA) is 75.7 Å². The lowest BCUT2D eigenvalue weighted by molar-refractivity contribution is -0.116. The fourth-order valence-electron chi connectivity index (χ4n) is 3.26. The largest absolute Gasteiger partial charge is 0.495 e. The van der Waals surface area contributed by atoms with Crippen LogP contribution in [0.15, 0.2) is 39.7 Å². The van der Waals surface area contributed by atoms with Crippen molar-refractivity contribution in [3.8, 4) is 5.75 Å². The molecule has 1 aliphatic heterocycles. The van der Waals surface area contributed by atoms with Crippen LogP contribution < -0.4 is 14.4 Å². The molecular weight excluding hydrogens is 456 g/mol. The Balaban J connectivity index is 2.06. The van der Waals surface area contributed by atoms with Crippen molar-refractivity contribution < 1.29 is 17.9 Å². The van der Waals surface area contributed by atoms with Crippen molar-refractivity contribution in [3.05, 3.63) is 45.4 Å². The van der Waals surface area contributed by atoms with Crippen molar-refractivity contribution in [2.45, 2.75) is 31.2 Å². The normalized spacial score (nSPS) is 16.2. The molecule has 2 aromatic carbocycles. The highest BCUT2D eigenvalue weighted by molar-refractivity contribution is 9.10. The number of amides is 1. The number of fused-ring (bicyclic) bond motifs is 1. The summed E-state index contributed by atoms with van der Waals surface area (Å²) in [6, 6.07) is 7.90. The number of nitrogens with zero attached hydrogens (tertiary/aromatic N) is 1. The predicted molar refractivity (Wildman–Crippen MR) is 109 cm³/mol. The molecular formula is C18H18BrClN2O4S. The van der Waals surface area contributed by atoms with E-state index in [1.165, 1.54) is 26.2 Å². The number of methoxy groups -OCH3 is 1. The van der Waals surface area contributed by atoms with Crippen LogP contribution in [0.2, 0.25) is 5.02 Å². The van der Waals surface area contributed by atoms with Crippen LogP contribution in [0.4, 0.5) is 11.4 Å². The van der Waals surface area contributed by atoms with Crippen molar-refractivity contribution in [2.75, 3.05) is 16.7 Å². The van der Waals surface area contributed by atoms with Gasteiger partial charge in [-0.1, -0.05) is 11.6 Å². The molecule has 1 heterocycles. The number of anilines is 2. The molecule has 6 nitrogen and oxygen atoms in total. The highest BCUT2D eigenvalue weighted by Gasteiger charge is 2.32. The Kier molecular flexibility index (Phi) is 5.42. The van der Waals surface area contributed by atoms with Gasteiger partial charge in [0.15, 0.2) is 0 Å². The third-order valence-electron chi connectivity index (χ3n) is 4.38. The van der Waals surface area contributed by atoms with Crippen LogP contribution in [0.1, 0.15) is 19.4 Å². The summed E-state index contributed by atoms with van der Waals surface area (Å²) in [5.74, 6) is 0.218. The van der Waals surface area contributed by atoms with Gasteiger partial charge in [-0.3, -0.25) is 9.52 Å². The van der Waals surface area contributed by atoms with E-state index in [9.17, 15) is 13.2 Å². The fourth-order valence-corrected chi connectivity index (χ4v) is 5.61. The lowest BCUT2D eigenvalue weighted by Gasteiger charge is -2.21. The average molecular weight is 474 g/mol. The summed E-state index contributed by atoms with van der Waals surface area (Å²) in [5.41, 5.74) is 1.76. The summed E-state index contributed by atoms with van der Waals surface area (Å²) in [4.78, 5) is 13.6. The van der Waals surface area contributed by atoms with Crippen LogP contribution in [-0.2, 0) is 21.2 Å². The molecule has 144 valence electrons. The fraction of sp³-hybridized carbons (Fsp3) is 0.278. The van der Waals surface area contributed by atoms with E-state index < -0.39 is 10.0 Å². The molecule has 0 spiro atoms. The lowest BCUT2D eigenvalue weighted by atomic mass is 10.1. The molecule has 3 rings (SSSR count). The second kappa shape index (κ2) is 7.33. The van der Waals surface area contributed by atoms with Gasteiger partial charge in [0, 0.05) is 28.1 Å². The molecule has 1 amide bonds. The van der Waals surface area contributed by atoms with Crippen molar-refractivity contribution in [1.82, 2.24) is 0 Å². The molecule has 1 N–H and O–H groups in total. The van der Waals surface area contributed by atoms with Gasteiger partial charge in [-0.2, -0.15) is 0 Å². The second-order valence-electron chi connectivity index (χ2n) is 6.30. The van der Waals surface area contributed by atoms with Crippen LogP contribution in [0, 0.1) is 0 Å². The van der Waals surface area contributed by atoms with Crippen molar-refractivity contribution in [2.24, 2.45) is 0 Å². The zero-order valence-electron chi connectivity index (χ0n) is 14.9. The molecule has 0 bridgehead atoms. The molecule has 1 aliphatic rings. The molecule has 1 atom stereocenters. The molecule has 0 radical (unpaired) electrons. The van der Waals surface area contributed by atoms with E-state index in [-0.39, 0.29) is 22.5 Å². The predicted octanol–water partition coefficient (Wildman–Crippen LogP) is 4.21. The van der Waals surface area contributed by atoms with E-state index in [0.717, 1.165) is 5.56 Å². The number of halogens is 2. The first kappa shape index (κ1) is 20.0. The maximum absolute atomic E-state index is 13.0. The molecule has 2 aromatic rings. The van der Waals surface area contributed by atoms with E-state index in [2.05, 4.69) is 20.7 Å². The Labute approximate surface area is 171 Å². The first-order valence-corrected chi connectivity index (χ1v) is 10.8. The minimum atomic E-state index is -3.96. The van der Waals surface area contributed by atoms with Crippen LogP contribution in [0.25, 0.3) is 0 Å². The number of ether oxygens (including phenoxy) is 1. The number of hydrogen-bond donors (Lipinski definition) is 1. The number of carbonyl (C=O) groups is 1. The zero-order chi connectivity index (χ0) is 19.9. The number of nitrogens with one attached hydrogen (secondary N) is 1. The molecule has 0 aliphatic carbocycles. The summed E-state index contributed by atoms with van der Waals surface area (Å²) in [7, 11) is -2.51. The molecule has 0 saturated carbocycles. The number of carbonyl (C=O) groups excluding carboxylic acids is 1. The van der Waals surface area contributed by atoms with Gasteiger partial charge in [0.1, 0.15) is 10.6 Å². The van der Waals surface area contributed by atoms with E-state index in [4.69, 9.17) is 16.3 Å². The van der Waals surface area contributed by atoms with Crippen molar-refractivity contribution in [1.29, 1.82) is 0 Å². The molecule has 0 unspecified atom stereocenters. The first-order chi connectivity index (χ1) is 12.6. The van der Waals surface area contributed by atoms with E-state index in [0.29, 0.717) is 27.4 Å². The zero-order valence-corrected chi connectivity index (χ0v) is 18.1. The lowest BCUT2D eigenvalue weighted by Crippen LogP contribution is -2.33. The summed E-state index contributed by atoms with van der Waals surface area (Å²) in [6.07, 6.45) is 0.670. The Morgan fingerprint density at radius 3 is 2.67 bits per heavy atom. The summed E-state index contributed by atoms with van der Waals surface area (Å²) >= 11 is 9.33. The highest BCUT2D eigenvalue weighted by atomic mass is 79.9. The number of benzene rings is 2. The maximum Gasteiger partial charge on any atom is 0.263 e. The number of hydrogen-bond acceptors (Lipinski definition) is 4. The monoisotopic (exact) mass is 472 g/mol. The minimum absolute atomic E-state index is 0.0247. The highest BCUT2D eigenvalue weighted by Crippen LogP contribution is 2.39. The van der Waals surface area contributed by atoms with Gasteiger partial charge in [0.25, 0.3) is 10.0 Å². The van der Waals surface area contributed by atoms with Crippen LogP contribution in [0.5, 0.6) is 5.75 Å². The third kappa shape index (κ3) is 3.79. The summed E-state index contributed by atoms with van der Waals surface area (Å²) < 4.78 is 34.2. The Hall–Kier alpha value is -1.77. The average Bonchev–Trinajstić information content (AvgIpc) is 2.88. The van der Waals surface area contributed by atoms with Crippen molar-refractivity contribution >= 4 is 54.8 Å². The van der Waals surface area contributed by atoms with Crippen LogP contribution in [0.3, 0.4) is 0 Å². The maximum atomic E-state index is 13.0. The van der Waals surface area contributed by atoms with Gasteiger partial charge < -0.3 is 9.64 Å². The Bertz CT molecular complexity index is 1030. The SMILES string of the molecule is COc1ccc(Cl)cc1NS(=O)(=O)c1cc2c(cc1Br)C[C@H](C)N2C(C)=O. The minimum Gasteiger partial charge on any atom is -0.495 e. The smallest absolute Gasteiger partial charge is 0.263 e. The van der Waals surface area contributed by atoms with Gasteiger partial charge in [-0.25, -0.2) is 8.42 Å². The third-order valence-corrected chi connectivity index (χ3v) is 6.94.